The molecule has 1 heterocycles. The van der Waals surface area contributed by atoms with E-state index in [0.29, 0.717) is 0 Å². The number of morpholine rings is 1. The van der Waals surface area contributed by atoms with Crippen LogP contribution in [0.5, 0.6) is 0 Å². The second-order valence-electron chi connectivity index (χ2n) is 6.60. The Hall–Kier alpha value is -0.120. The molecule has 0 amide bonds. The number of hydrogen-bond donors (Lipinski definition) is 0. The van der Waals surface area contributed by atoms with Crippen LogP contribution >= 0.6 is 0 Å². The van der Waals surface area contributed by atoms with Crippen molar-refractivity contribution in [1.29, 1.82) is 0 Å². The number of rotatable bonds is 11. The van der Waals surface area contributed by atoms with Gasteiger partial charge in [0.25, 0.3) is 0 Å². The molecule has 0 N–H and O–H groups in total. The van der Waals surface area contributed by atoms with Gasteiger partial charge in [0.2, 0.25) is 0 Å². The van der Waals surface area contributed by atoms with E-state index in [-0.39, 0.29) is 0 Å². The Balaban J connectivity index is 2.01. The lowest BCUT2D eigenvalue weighted by atomic mass is 9.93. The number of methoxy groups -OCH3 is 1. The molecule has 0 unspecified atom stereocenters. The Bertz CT molecular complexity index is 215. The zero-order valence-corrected chi connectivity index (χ0v) is 13.9. The van der Waals surface area contributed by atoms with Crippen molar-refractivity contribution in [3.05, 3.63) is 0 Å². The molecule has 1 rings (SSSR count). The third-order valence-electron chi connectivity index (χ3n) is 4.25. The van der Waals surface area contributed by atoms with E-state index < -0.39 is 0 Å². The summed E-state index contributed by atoms with van der Waals surface area (Å²) in [6, 6.07) is 0. The normalized spacial score (nSPS) is 18.6. The highest BCUT2D eigenvalue weighted by Crippen LogP contribution is 2.19. The molecule has 1 aliphatic heterocycles. The molecule has 0 radical (unpaired) electrons. The standard InChI is InChI=1S/C17H35NO2/c1-16(2)8-9-17(15-19-3)7-5-4-6-10-18-11-13-20-14-12-18/h16-17H,4-15H2,1-3H3/t17-/m1/s1. The predicted octanol–water partition coefficient (Wildman–Crippen LogP) is 3.58. The van der Waals surface area contributed by atoms with Gasteiger partial charge in [-0.25, -0.2) is 0 Å². The molecule has 120 valence electrons. The SMILES string of the molecule is COC[C@H](CCCCCN1CCOCC1)CCC(C)C. The highest BCUT2D eigenvalue weighted by molar-refractivity contribution is 4.64. The molecule has 1 fully saturated rings. The minimum atomic E-state index is 0.769. The van der Waals surface area contributed by atoms with Crippen LogP contribution in [0, 0.1) is 11.8 Å². The average Bonchev–Trinajstić information content (AvgIpc) is 2.45. The quantitative estimate of drug-likeness (QED) is 0.542. The third-order valence-corrected chi connectivity index (χ3v) is 4.25. The monoisotopic (exact) mass is 285 g/mol. The second kappa shape index (κ2) is 11.5. The molecule has 1 atom stereocenters. The van der Waals surface area contributed by atoms with Crippen LogP contribution in [-0.4, -0.2) is 51.5 Å². The summed E-state index contributed by atoms with van der Waals surface area (Å²) in [5.74, 6) is 1.58. The Morgan fingerprint density at radius 2 is 1.75 bits per heavy atom. The zero-order valence-electron chi connectivity index (χ0n) is 13.9. The van der Waals surface area contributed by atoms with Gasteiger partial charge < -0.3 is 9.47 Å². The molecule has 20 heavy (non-hydrogen) atoms. The van der Waals surface area contributed by atoms with Crippen molar-refractivity contribution >= 4 is 0 Å². The average molecular weight is 285 g/mol. The molecule has 0 saturated carbocycles. The summed E-state index contributed by atoms with van der Waals surface area (Å²) in [4.78, 5) is 2.54. The van der Waals surface area contributed by atoms with E-state index in [9.17, 15) is 0 Å². The van der Waals surface area contributed by atoms with Gasteiger partial charge in [0, 0.05) is 26.8 Å². The summed E-state index contributed by atoms with van der Waals surface area (Å²) in [5.41, 5.74) is 0. The van der Waals surface area contributed by atoms with E-state index in [1.54, 1.807) is 0 Å². The molecule has 1 saturated heterocycles. The van der Waals surface area contributed by atoms with Crippen LogP contribution in [0.1, 0.15) is 52.4 Å². The van der Waals surface area contributed by atoms with E-state index >= 15 is 0 Å². The van der Waals surface area contributed by atoms with Crippen LogP contribution in [0.3, 0.4) is 0 Å². The fraction of sp³-hybridized carbons (Fsp3) is 1.00. The minimum absolute atomic E-state index is 0.769. The Morgan fingerprint density at radius 3 is 2.40 bits per heavy atom. The van der Waals surface area contributed by atoms with Crippen LogP contribution in [-0.2, 0) is 9.47 Å². The maximum Gasteiger partial charge on any atom is 0.0594 e. The van der Waals surface area contributed by atoms with Gasteiger partial charge in [-0.15, -0.1) is 0 Å². The molecule has 3 heteroatoms. The van der Waals surface area contributed by atoms with Gasteiger partial charge in [-0.2, -0.15) is 0 Å². The lowest BCUT2D eigenvalue weighted by Gasteiger charge is -2.26. The van der Waals surface area contributed by atoms with Crippen molar-refractivity contribution in [1.82, 2.24) is 4.90 Å². The van der Waals surface area contributed by atoms with E-state index in [0.717, 1.165) is 44.7 Å². The molecule has 0 aromatic carbocycles. The van der Waals surface area contributed by atoms with Crippen molar-refractivity contribution in [2.45, 2.75) is 52.4 Å². The van der Waals surface area contributed by atoms with Gasteiger partial charge in [0.1, 0.15) is 0 Å². The van der Waals surface area contributed by atoms with Crippen molar-refractivity contribution in [3.8, 4) is 0 Å². The first kappa shape index (κ1) is 17.9. The molecule has 0 spiro atoms. The molecule has 0 aromatic heterocycles. The molecule has 0 aliphatic carbocycles. The van der Waals surface area contributed by atoms with Gasteiger partial charge in [-0.05, 0) is 37.6 Å². The molecule has 0 bridgehead atoms. The van der Waals surface area contributed by atoms with Crippen LogP contribution in [0.15, 0.2) is 0 Å². The number of nitrogens with zero attached hydrogens (tertiary/aromatic N) is 1. The predicted molar refractivity (Wildman–Crippen MR) is 85.2 cm³/mol. The van der Waals surface area contributed by atoms with Gasteiger partial charge in [-0.3, -0.25) is 4.90 Å². The van der Waals surface area contributed by atoms with Gasteiger partial charge in [0.05, 0.1) is 13.2 Å². The zero-order chi connectivity index (χ0) is 14.6. The van der Waals surface area contributed by atoms with Crippen LogP contribution in [0.25, 0.3) is 0 Å². The largest absolute Gasteiger partial charge is 0.384 e. The maximum atomic E-state index is 5.38. The highest BCUT2D eigenvalue weighted by Gasteiger charge is 2.11. The Labute approximate surface area is 126 Å². The summed E-state index contributed by atoms with van der Waals surface area (Å²) < 4.78 is 10.7. The first-order chi connectivity index (χ1) is 9.72. The highest BCUT2D eigenvalue weighted by atomic mass is 16.5. The summed E-state index contributed by atoms with van der Waals surface area (Å²) in [7, 11) is 1.83. The lowest BCUT2D eigenvalue weighted by molar-refractivity contribution is 0.0370. The molecular formula is C17H35NO2. The third kappa shape index (κ3) is 8.93. The van der Waals surface area contributed by atoms with Crippen molar-refractivity contribution in [2.75, 3.05) is 46.6 Å². The molecular weight excluding hydrogens is 250 g/mol. The van der Waals surface area contributed by atoms with E-state index in [1.807, 2.05) is 7.11 Å². The summed E-state index contributed by atoms with van der Waals surface area (Å²) in [5, 5.41) is 0. The smallest absolute Gasteiger partial charge is 0.0594 e. The van der Waals surface area contributed by atoms with Crippen LogP contribution in [0.4, 0.5) is 0 Å². The topological polar surface area (TPSA) is 21.7 Å². The summed E-state index contributed by atoms with van der Waals surface area (Å²) >= 11 is 0. The van der Waals surface area contributed by atoms with Crippen molar-refractivity contribution < 1.29 is 9.47 Å². The Morgan fingerprint density at radius 1 is 1.00 bits per heavy atom. The Kier molecular flexibility index (Phi) is 10.3. The fourth-order valence-corrected chi connectivity index (χ4v) is 2.89. The van der Waals surface area contributed by atoms with Gasteiger partial charge in [0.15, 0.2) is 0 Å². The van der Waals surface area contributed by atoms with Crippen molar-refractivity contribution in [3.63, 3.8) is 0 Å². The summed E-state index contributed by atoms with van der Waals surface area (Å²) in [6.45, 7) is 10.9. The molecule has 1 aliphatic rings. The second-order valence-corrected chi connectivity index (χ2v) is 6.60. The minimum Gasteiger partial charge on any atom is -0.384 e. The summed E-state index contributed by atoms with van der Waals surface area (Å²) in [6.07, 6.45) is 8.06. The lowest BCUT2D eigenvalue weighted by Crippen LogP contribution is -2.36. The van der Waals surface area contributed by atoms with E-state index in [1.165, 1.54) is 45.1 Å². The van der Waals surface area contributed by atoms with Crippen LogP contribution < -0.4 is 0 Å². The first-order valence-electron chi connectivity index (χ1n) is 8.51. The fourth-order valence-electron chi connectivity index (χ4n) is 2.89. The van der Waals surface area contributed by atoms with E-state index in [4.69, 9.17) is 9.47 Å². The number of hydrogen-bond acceptors (Lipinski definition) is 3. The van der Waals surface area contributed by atoms with Crippen LogP contribution in [0.2, 0.25) is 0 Å². The molecule has 0 aromatic rings. The van der Waals surface area contributed by atoms with Crippen molar-refractivity contribution in [2.24, 2.45) is 11.8 Å². The molecule has 3 nitrogen and oxygen atoms in total. The van der Waals surface area contributed by atoms with E-state index in [2.05, 4.69) is 18.7 Å². The number of unbranched alkanes of at least 4 members (excludes halogenated alkanes) is 2. The first-order valence-corrected chi connectivity index (χ1v) is 8.51. The van der Waals surface area contributed by atoms with Gasteiger partial charge in [-0.1, -0.05) is 33.1 Å². The van der Waals surface area contributed by atoms with Gasteiger partial charge >= 0.3 is 0 Å². The number of ether oxygens (including phenoxy) is 2. The maximum absolute atomic E-state index is 5.38.